The number of nitrogens with one attached hydrogen (secondary N) is 1. The van der Waals surface area contributed by atoms with Crippen LogP contribution in [0.15, 0.2) is 23.1 Å². The molecule has 1 atom stereocenters. The monoisotopic (exact) mass is 260 g/mol. The fraction of sp³-hybridized carbons (Fsp3) is 0.400. The lowest BCUT2D eigenvalue weighted by atomic mass is 10.3. The fourth-order valence-electron chi connectivity index (χ4n) is 1.21. The number of sulfonamides is 1. The van der Waals surface area contributed by atoms with E-state index in [0.717, 1.165) is 0 Å². The molecule has 0 saturated carbocycles. The van der Waals surface area contributed by atoms with Gasteiger partial charge in [-0.05, 0) is 19.1 Å². The first-order chi connectivity index (χ1) is 7.86. The highest BCUT2D eigenvalue weighted by Crippen LogP contribution is 2.25. The maximum atomic E-state index is 11.9. The summed E-state index contributed by atoms with van der Waals surface area (Å²) in [6.45, 7) is 1.43. The van der Waals surface area contributed by atoms with Gasteiger partial charge in [0.05, 0.1) is 13.2 Å². The highest BCUT2D eigenvalue weighted by molar-refractivity contribution is 7.89. The number of anilines is 1. The van der Waals surface area contributed by atoms with Gasteiger partial charge in [-0.25, -0.2) is 13.1 Å². The van der Waals surface area contributed by atoms with Gasteiger partial charge >= 0.3 is 0 Å². The maximum absolute atomic E-state index is 11.9. The van der Waals surface area contributed by atoms with Crippen molar-refractivity contribution in [2.75, 3.05) is 19.4 Å². The van der Waals surface area contributed by atoms with E-state index in [1.807, 2.05) is 0 Å². The predicted molar refractivity (Wildman–Crippen MR) is 64.3 cm³/mol. The smallest absolute Gasteiger partial charge is 0.244 e. The second-order valence-electron chi connectivity index (χ2n) is 3.61. The van der Waals surface area contributed by atoms with Gasteiger partial charge in [0.15, 0.2) is 0 Å². The van der Waals surface area contributed by atoms with Crippen LogP contribution in [0.4, 0.5) is 5.69 Å². The number of rotatable bonds is 5. The quantitative estimate of drug-likeness (QED) is 0.644. The highest BCUT2D eigenvalue weighted by Gasteiger charge is 2.19. The summed E-state index contributed by atoms with van der Waals surface area (Å²) in [5, 5.41) is 9.06. The molecule has 1 aromatic rings. The Bertz CT molecular complexity index is 485. The molecule has 0 amide bonds. The average Bonchev–Trinajstić information content (AvgIpc) is 2.26. The van der Waals surface area contributed by atoms with Gasteiger partial charge < -0.3 is 15.6 Å². The topological polar surface area (TPSA) is 102 Å². The zero-order valence-electron chi connectivity index (χ0n) is 9.67. The summed E-state index contributed by atoms with van der Waals surface area (Å²) >= 11 is 0. The summed E-state index contributed by atoms with van der Waals surface area (Å²) in [5.41, 5.74) is 5.95. The predicted octanol–water partition coefficient (Wildman–Crippen LogP) is -0.0635. The third kappa shape index (κ3) is 3.58. The molecule has 0 fully saturated rings. The number of aliphatic hydroxyl groups excluding tert-OH is 1. The molecule has 0 aliphatic rings. The van der Waals surface area contributed by atoms with Crippen LogP contribution in [0.3, 0.4) is 0 Å². The molecule has 1 aromatic carbocycles. The van der Waals surface area contributed by atoms with Crippen LogP contribution < -0.4 is 15.2 Å². The first-order valence-corrected chi connectivity index (χ1v) is 6.46. The third-order valence-electron chi connectivity index (χ3n) is 2.05. The molecule has 0 bridgehead atoms. The van der Waals surface area contributed by atoms with E-state index in [2.05, 4.69) is 4.72 Å². The minimum absolute atomic E-state index is 0.00477. The van der Waals surface area contributed by atoms with Gasteiger partial charge in [-0.2, -0.15) is 0 Å². The van der Waals surface area contributed by atoms with E-state index in [4.69, 9.17) is 15.6 Å². The Labute approximate surface area is 100 Å². The Balaban J connectivity index is 3.06. The van der Waals surface area contributed by atoms with E-state index in [-0.39, 0.29) is 17.2 Å². The molecule has 1 rings (SSSR count). The first-order valence-electron chi connectivity index (χ1n) is 4.98. The highest BCUT2D eigenvalue weighted by atomic mass is 32.2. The zero-order valence-corrected chi connectivity index (χ0v) is 10.5. The largest absolute Gasteiger partial charge is 0.495 e. The van der Waals surface area contributed by atoms with E-state index < -0.39 is 16.1 Å². The molecule has 0 heterocycles. The van der Waals surface area contributed by atoms with Gasteiger partial charge in [0.1, 0.15) is 10.6 Å². The average molecular weight is 260 g/mol. The van der Waals surface area contributed by atoms with Crippen LogP contribution >= 0.6 is 0 Å². The molecule has 0 aliphatic heterocycles. The Morgan fingerprint density at radius 2 is 2.18 bits per heavy atom. The summed E-state index contributed by atoms with van der Waals surface area (Å²) in [4.78, 5) is -0.00477. The van der Waals surface area contributed by atoms with Crippen LogP contribution in [0, 0.1) is 0 Å². The number of nitrogen functional groups attached to an aromatic ring is 1. The van der Waals surface area contributed by atoms with E-state index in [1.54, 1.807) is 0 Å². The van der Waals surface area contributed by atoms with E-state index in [1.165, 1.54) is 32.2 Å². The van der Waals surface area contributed by atoms with Gasteiger partial charge in [-0.3, -0.25) is 0 Å². The van der Waals surface area contributed by atoms with Gasteiger partial charge in [0, 0.05) is 18.3 Å². The second-order valence-corrected chi connectivity index (χ2v) is 5.35. The van der Waals surface area contributed by atoms with Gasteiger partial charge in [-0.1, -0.05) is 0 Å². The van der Waals surface area contributed by atoms with E-state index >= 15 is 0 Å². The van der Waals surface area contributed by atoms with Crippen molar-refractivity contribution in [2.45, 2.75) is 17.9 Å². The summed E-state index contributed by atoms with van der Waals surface area (Å²) in [6.07, 6.45) is -0.760. The number of nitrogens with two attached hydrogens (primary N) is 1. The van der Waals surface area contributed by atoms with Crippen LogP contribution in [0.1, 0.15) is 6.92 Å². The van der Waals surface area contributed by atoms with Crippen LogP contribution in [0.2, 0.25) is 0 Å². The molecule has 0 saturated heterocycles. The van der Waals surface area contributed by atoms with E-state index in [0.29, 0.717) is 5.69 Å². The van der Waals surface area contributed by atoms with E-state index in [9.17, 15) is 8.42 Å². The van der Waals surface area contributed by atoms with Crippen molar-refractivity contribution in [1.29, 1.82) is 0 Å². The first kappa shape index (κ1) is 13.8. The Hall–Kier alpha value is -1.31. The van der Waals surface area contributed by atoms with Crippen molar-refractivity contribution in [3.8, 4) is 5.75 Å². The molecular formula is C10H16N2O4S. The third-order valence-corrected chi connectivity index (χ3v) is 3.51. The second kappa shape index (κ2) is 5.35. The molecule has 0 unspecified atom stereocenters. The Morgan fingerprint density at radius 3 is 2.71 bits per heavy atom. The lowest BCUT2D eigenvalue weighted by Gasteiger charge is -2.12. The molecule has 0 aliphatic carbocycles. The van der Waals surface area contributed by atoms with Crippen molar-refractivity contribution >= 4 is 15.7 Å². The van der Waals surface area contributed by atoms with Crippen molar-refractivity contribution < 1.29 is 18.3 Å². The molecule has 0 radical (unpaired) electrons. The van der Waals surface area contributed by atoms with Crippen LogP contribution in [0.5, 0.6) is 5.75 Å². The van der Waals surface area contributed by atoms with Crippen molar-refractivity contribution in [2.24, 2.45) is 0 Å². The molecule has 7 heteroatoms. The lowest BCUT2D eigenvalue weighted by Crippen LogP contribution is -2.30. The lowest BCUT2D eigenvalue weighted by molar-refractivity contribution is 0.198. The molecule has 0 spiro atoms. The normalized spacial score (nSPS) is 13.4. The number of hydrogen-bond acceptors (Lipinski definition) is 5. The zero-order chi connectivity index (χ0) is 13.1. The van der Waals surface area contributed by atoms with Gasteiger partial charge in [-0.15, -0.1) is 0 Å². The summed E-state index contributed by atoms with van der Waals surface area (Å²) < 4.78 is 31.0. The maximum Gasteiger partial charge on any atom is 0.244 e. The molecule has 4 N–H and O–H groups in total. The number of hydrogen-bond donors (Lipinski definition) is 3. The van der Waals surface area contributed by atoms with Crippen LogP contribution in [0.25, 0.3) is 0 Å². The SMILES string of the molecule is COc1cc(N)ccc1S(=O)(=O)NC[C@H](C)O. The molecule has 17 heavy (non-hydrogen) atoms. The Morgan fingerprint density at radius 1 is 1.53 bits per heavy atom. The number of methoxy groups -OCH3 is 1. The van der Waals surface area contributed by atoms with Crippen LogP contribution in [-0.4, -0.2) is 33.3 Å². The molecular weight excluding hydrogens is 244 g/mol. The number of ether oxygens (including phenoxy) is 1. The standard InChI is InChI=1S/C10H16N2O4S/c1-7(13)6-12-17(14,15)10-4-3-8(11)5-9(10)16-2/h3-5,7,12-13H,6,11H2,1-2H3/t7-/m0/s1. The summed E-state index contributed by atoms with van der Waals surface area (Å²) in [7, 11) is -2.34. The molecule has 0 aromatic heterocycles. The van der Waals surface area contributed by atoms with Crippen molar-refractivity contribution in [1.82, 2.24) is 4.72 Å². The summed E-state index contributed by atoms with van der Waals surface area (Å²) in [6, 6.07) is 4.26. The van der Waals surface area contributed by atoms with Crippen molar-refractivity contribution in [3.05, 3.63) is 18.2 Å². The van der Waals surface area contributed by atoms with Gasteiger partial charge in [0.25, 0.3) is 0 Å². The van der Waals surface area contributed by atoms with Gasteiger partial charge in [0.2, 0.25) is 10.0 Å². The van der Waals surface area contributed by atoms with Crippen LogP contribution in [-0.2, 0) is 10.0 Å². The number of benzene rings is 1. The van der Waals surface area contributed by atoms with Crippen molar-refractivity contribution in [3.63, 3.8) is 0 Å². The molecule has 96 valence electrons. The minimum Gasteiger partial charge on any atom is -0.495 e. The summed E-state index contributed by atoms with van der Waals surface area (Å²) in [5.74, 6) is 0.170. The minimum atomic E-state index is -3.71. The fourth-order valence-corrected chi connectivity index (χ4v) is 2.48. The number of aliphatic hydroxyl groups is 1. The Kier molecular flexibility index (Phi) is 4.33. The molecule has 6 nitrogen and oxygen atoms in total.